The predicted molar refractivity (Wildman–Crippen MR) is 180 cm³/mol. The fourth-order valence-corrected chi connectivity index (χ4v) is 7.29. The summed E-state index contributed by atoms with van der Waals surface area (Å²) in [5.41, 5.74) is 5.25. The summed E-state index contributed by atoms with van der Waals surface area (Å²) in [6, 6.07) is 15.1. The molecule has 1 saturated carbocycles. The van der Waals surface area contributed by atoms with Gasteiger partial charge in [0, 0.05) is 41.4 Å². The smallest absolute Gasteiger partial charge is 0.325 e. The van der Waals surface area contributed by atoms with Gasteiger partial charge in [-0.1, -0.05) is 29.3 Å². The van der Waals surface area contributed by atoms with Crippen LogP contribution >= 0.6 is 23.2 Å². The lowest BCUT2D eigenvalue weighted by molar-refractivity contribution is 0.184. The maximum absolute atomic E-state index is 14.6. The van der Waals surface area contributed by atoms with E-state index in [2.05, 4.69) is 25.1 Å². The van der Waals surface area contributed by atoms with E-state index in [0.29, 0.717) is 30.5 Å². The number of ether oxygens (including phenoxy) is 2. The van der Waals surface area contributed by atoms with Crippen molar-refractivity contribution in [3.63, 3.8) is 0 Å². The molecule has 1 N–H and O–H groups in total. The second-order valence-corrected chi connectivity index (χ2v) is 13.1. The van der Waals surface area contributed by atoms with E-state index >= 15 is 0 Å². The van der Waals surface area contributed by atoms with E-state index in [1.54, 1.807) is 26.4 Å². The molecule has 1 aromatic heterocycles. The van der Waals surface area contributed by atoms with Crippen molar-refractivity contribution in [2.75, 3.05) is 39.8 Å². The van der Waals surface area contributed by atoms with Crippen molar-refractivity contribution in [2.45, 2.75) is 44.8 Å². The van der Waals surface area contributed by atoms with Crippen LogP contribution in [0.3, 0.4) is 0 Å². The molecule has 2 aliphatic rings. The molecule has 8 nitrogen and oxygen atoms in total. The fraction of sp³-hybridized carbons (Fsp3) is 0.371. The van der Waals surface area contributed by atoms with Crippen LogP contribution in [0, 0.1) is 5.92 Å². The number of aromatic nitrogens is 1. The van der Waals surface area contributed by atoms with Crippen molar-refractivity contribution in [1.29, 1.82) is 0 Å². The summed E-state index contributed by atoms with van der Waals surface area (Å²) in [6.45, 7) is 1.86. The van der Waals surface area contributed by atoms with Crippen LogP contribution in [-0.2, 0) is 13.1 Å². The third kappa shape index (κ3) is 6.24. The highest BCUT2D eigenvalue weighted by Gasteiger charge is 2.38. The van der Waals surface area contributed by atoms with Gasteiger partial charge in [-0.3, -0.25) is 9.88 Å². The molecule has 1 aliphatic heterocycles. The van der Waals surface area contributed by atoms with Gasteiger partial charge in [0.05, 0.1) is 48.6 Å². The molecule has 6 rings (SSSR count). The van der Waals surface area contributed by atoms with Gasteiger partial charge in [0.1, 0.15) is 11.5 Å². The topological polar surface area (TPSA) is 78.4 Å². The molecule has 45 heavy (non-hydrogen) atoms. The van der Waals surface area contributed by atoms with Crippen molar-refractivity contribution < 1.29 is 19.4 Å². The van der Waals surface area contributed by atoms with E-state index < -0.39 is 0 Å². The molecule has 1 aliphatic carbocycles. The Morgan fingerprint density at radius 1 is 0.956 bits per heavy atom. The number of fused-ring (bicyclic) bond motifs is 3. The molecular formula is C35H38Cl2N4O4. The molecule has 0 atom stereocenters. The quantitative estimate of drug-likeness (QED) is 0.209. The van der Waals surface area contributed by atoms with Gasteiger partial charge in [0.15, 0.2) is 5.75 Å². The molecule has 4 aromatic rings. The molecule has 0 bridgehead atoms. The summed E-state index contributed by atoms with van der Waals surface area (Å²) in [5.74, 6) is 1.85. The molecule has 0 unspecified atom stereocenters. The number of hydrogen-bond donors (Lipinski definition) is 1. The Kier molecular flexibility index (Phi) is 9.00. The number of carbonyl (C=O) groups is 1. The lowest BCUT2D eigenvalue weighted by Crippen LogP contribution is -2.52. The number of phenolic OH excluding ortho intramolecular Hbond substituents is 1. The van der Waals surface area contributed by atoms with Gasteiger partial charge in [0.2, 0.25) is 0 Å². The van der Waals surface area contributed by atoms with Crippen molar-refractivity contribution in [3.05, 3.63) is 75.9 Å². The second kappa shape index (κ2) is 12.9. The molecule has 0 saturated heterocycles. The van der Waals surface area contributed by atoms with Crippen LogP contribution in [-0.4, -0.2) is 66.8 Å². The lowest BCUT2D eigenvalue weighted by Gasteiger charge is -2.44. The number of carbonyl (C=O) groups excluding carboxylic acids is 1. The van der Waals surface area contributed by atoms with Crippen LogP contribution in [0.1, 0.15) is 36.8 Å². The van der Waals surface area contributed by atoms with Crippen molar-refractivity contribution in [2.24, 2.45) is 5.92 Å². The van der Waals surface area contributed by atoms with Crippen LogP contribution in [0.5, 0.6) is 17.2 Å². The van der Waals surface area contributed by atoms with Gasteiger partial charge in [-0.2, -0.15) is 0 Å². The van der Waals surface area contributed by atoms with Crippen LogP contribution in [0.4, 0.5) is 10.5 Å². The Morgan fingerprint density at radius 3 is 2.36 bits per heavy atom. The third-order valence-electron chi connectivity index (χ3n) is 9.00. The Hall–Kier alpha value is -3.72. The van der Waals surface area contributed by atoms with Gasteiger partial charge < -0.3 is 24.4 Å². The molecule has 0 radical (unpaired) electrons. The Balaban J connectivity index is 1.43. The van der Waals surface area contributed by atoms with Gasteiger partial charge in [-0.15, -0.1) is 0 Å². The van der Waals surface area contributed by atoms with Gasteiger partial charge in [0.25, 0.3) is 0 Å². The maximum atomic E-state index is 14.6. The zero-order valence-electron chi connectivity index (χ0n) is 26.0. The number of methoxy groups -OCH3 is 2. The largest absolute Gasteiger partial charge is 0.505 e. The highest BCUT2D eigenvalue weighted by atomic mass is 35.5. The predicted octanol–water partition coefficient (Wildman–Crippen LogP) is 7.99. The molecule has 0 spiro atoms. The van der Waals surface area contributed by atoms with Crippen LogP contribution in [0.25, 0.3) is 22.0 Å². The van der Waals surface area contributed by atoms with Gasteiger partial charge in [-0.25, -0.2) is 4.79 Å². The summed E-state index contributed by atoms with van der Waals surface area (Å²) in [4.78, 5) is 25.6. The first-order valence-corrected chi connectivity index (χ1v) is 16.0. The fourth-order valence-electron chi connectivity index (χ4n) is 6.81. The van der Waals surface area contributed by atoms with Gasteiger partial charge >= 0.3 is 6.03 Å². The van der Waals surface area contributed by atoms with E-state index in [-0.39, 0.29) is 27.9 Å². The Labute approximate surface area is 274 Å². The average Bonchev–Trinajstić information content (AvgIpc) is 3.04. The number of benzene rings is 3. The average molecular weight is 650 g/mol. The lowest BCUT2D eigenvalue weighted by atomic mass is 9.84. The van der Waals surface area contributed by atoms with Crippen LogP contribution < -0.4 is 14.4 Å². The normalized spacial score (nSPS) is 18.4. The zero-order valence-corrected chi connectivity index (χ0v) is 27.5. The number of pyridine rings is 1. The molecule has 3 aromatic carbocycles. The number of anilines is 1. The first-order valence-electron chi connectivity index (χ1n) is 15.2. The molecule has 1 fully saturated rings. The number of aromatic hydroxyl groups is 1. The standard InChI is InChI=1S/C35H38Cl2N4O4/c1-39(2)18-21-5-9-26(10-6-21)41-33-25(20-40(35(41)43)19-23-7-11-27(44-3)16-32(23)45-4)17-38-31-12-8-22(13-28(31)33)24-14-29(36)34(42)30(37)15-24/h7-8,11-17,21,26,42H,5-6,9-10,18-20H2,1-4H3/t21-,26-. The number of rotatable bonds is 8. The highest BCUT2D eigenvalue weighted by Crippen LogP contribution is 2.43. The summed E-state index contributed by atoms with van der Waals surface area (Å²) < 4.78 is 11.1. The maximum Gasteiger partial charge on any atom is 0.325 e. The minimum atomic E-state index is -0.142. The first kappa shape index (κ1) is 31.3. The first-order chi connectivity index (χ1) is 21.7. The SMILES string of the molecule is COc1ccc(CN2Cc3cnc4ccc(-c5cc(Cl)c(O)c(Cl)c5)cc4c3N([C@H]3CC[C@H](CN(C)C)CC3)C2=O)c(OC)c1. The number of urea groups is 1. The van der Waals surface area contributed by atoms with Crippen molar-refractivity contribution in [1.82, 2.24) is 14.8 Å². The minimum Gasteiger partial charge on any atom is -0.505 e. The van der Waals surface area contributed by atoms with Crippen molar-refractivity contribution in [3.8, 4) is 28.4 Å². The number of nitrogens with zero attached hydrogens (tertiary/aromatic N) is 4. The van der Waals surface area contributed by atoms with E-state index in [1.165, 1.54) is 0 Å². The molecule has 2 amide bonds. The highest BCUT2D eigenvalue weighted by molar-refractivity contribution is 6.37. The molecular weight excluding hydrogens is 611 g/mol. The monoisotopic (exact) mass is 648 g/mol. The minimum absolute atomic E-state index is 0.0231. The number of phenols is 1. The molecule has 236 valence electrons. The second-order valence-electron chi connectivity index (χ2n) is 12.3. The Bertz CT molecular complexity index is 1720. The van der Waals surface area contributed by atoms with Crippen LogP contribution in [0.15, 0.2) is 54.7 Å². The number of hydrogen-bond acceptors (Lipinski definition) is 6. The molecule has 2 heterocycles. The van der Waals surface area contributed by atoms with Crippen molar-refractivity contribution >= 4 is 45.8 Å². The Morgan fingerprint density at radius 2 is 1.69 bits per heavy atom. The van der Waals surface area contributed by atoms with E-state index in [1.807, 2.05) is 46.3 Å². The number of halogens is 2. The van der Waals surface area contributed by atoms with E-state index in [4.69, 9.17) is 37.7 Å². The summed E-state index contributed by atoms with van der Waals surface area (Å²) in [6.07, 6.45) is 5.88. The van der Waals surface area contributed by atoms with Crippen LogP contribution in [0.2, 0.25) is 10.0 Å². The summed E-state index contributed by atoms with van der Waals surface area (Å²) in [5, 5.41) is 11.4. The zero-order chi connectivity index (χ0) is 31.8. The van der Waals surface area contributed by atoms with Gasteiger partial charge in [-0.05, 0) is 93.2 Å². The third-order valence-corrected chi connectivity index (χ3v) is 9.58. The summed E-state index contributed by atoms with van der Waals surface area (Å²) >= 11 is 12.6. The van der Waals surface area contributed by atoms with E-state index in [0.717, 1.165) is 71.1 Å². The molecule has 10 heteroatoms. The van der Waals surface area contributed by atoms with E-state index in [9.17, 15) is 9.90 Å². The number of amides is 2. The summed E-state index contributed by atoms with van der Waals surface area (Å²) in [7, 11) is 7.49.